The highest BCUT2D eigenvalue weighted by Crippen LogP contribution is 2.31. The number of thiophene rings is 1. The molecule has 0 bridgehead atoms. The van der Waals surface area contributed by atoms with Gasteiger partial charge in [0.25, 0.3) is 0 Å². The van der Waals surface area contributed by atoms with E-state index in [0.717, 1.165) is 0 Å². The lowest BCUT2D eigenvalue weighted by Gasteiger charge is -2.24. The van der Waals surface area contributed by atoms with Crippen LogP contribution in [0.4, 0.5) is 0 Å². The average Bonchev–Trinajstić information content (AvgIpc) is 2.57. The second-order valence-electron chi connectivity index (χ2n) is 3.95. The first-order valence-electron chi connectivity index (χ1n) is 5.28. The zero-order valence-corrected chi connectivity index (χ0v) is 12.1. The maximum atomic E-state index is 12.0. The number of carbonyl (C=O) groups is 1. The molecule has 0 amide bonds. The van der Waals surface area contributed by atoms with Crippen molar-refractivity contribution in [3.05, 3.63) is 20.3 Å². The molecule has 1 aromatic heterocycles. The fraction of sp³-hybridized carbons (Fsp3) is 0.545. The molecule has 1 rings (SSSR count). The van der Waals surface area contributed by atoms with E-state index in [2.05, 4.69) is 0 Å². The summed E-state index contributed by atoms with van der Waals surface area (Å²) in [5.41, 5.74) is 0.463. The number of rotatable bonds is 6. The molecule has 0 aliphatic heterocycles. The van der Waals surface area contributed by atoms with Crippen molar-refractivity contribution in [2.75, 3.05) is 19.7 Å². The topological polar surface area (TPSA) is 40.5 Å². The Hall–Kier alpha value is -0.130. The van der Waals surface area contributed by atoms with Gasteiger partial charge >= 0.3 is 0 Å². The molecule has 0 unspecified atom stereocenters. The lowest BCUT2D eigenvalue weighted by molar-refractivity contribution is 0.0882. The van der Waals surface area contributed by atoms with Crippen LogP contribution in [0.3, 0.4) is 0 Å². The SMILES string of the molecule is CC(C)N(CCO)CC(=O)c1cc(Cl)sc1Cl. The van der Waals surface area contributed by atoms with Crippen LogP contribution in [-0.4, -0.2) is 41.5 Å². The maximum absolute atomic E-state index is 12.0. The van der Waals surface area contributed by atoms with Crippen LogP contribution in [0, 0.1) is 0 Å². The minimum absolute atomic E-state index is 0.0313. The van der Waals surface area contributed by atoms with Crippen molar-refractivity contribution in [1.29, 1.82) is 0 Å². The lowest BCUT2D eigenvalue weighted by Crippen LogP contribution is -2.37. The van der Waals surface area contributed by atoms with Gasteiger partial charge in [-0.25, -0.2) is 0 Å². The molecule has 0 atom stereocenters. The van der Waals surface area contributed by atoms with Crippen LogP contribution in [0.25, 0.3) is 0 Å². The first kappa shape index (κ1) is 14.9. The van der Waals surface area contributed by atoms with Crippen molar-refractivity contribution in [1.82, 2.24) is 4.90 Å². The smallest absolute Gasteiger partial charge is 0.179 e. The van der Waals surface area contributed by atoms with Gasteiger partial charge in [0, 0.05) is 12.6 Å². The van der Waals surface area contributed by atoms with E-state index in [9.17, 15) is 4.79 Å². The normalized spacial score (nSPS) is 11.5. The lowest BCUT2D eigenvalue weighted by atomic mass is 10.2. The summed E-state index contributed by atoms with van der Waals surface area (Å²) in [6.45, 7) is 4.70. The van der Waals surface area contributed by atoms with Crippen LogP contribution in [0.5, 0.6) is 0 Å². The second-order valence-corrected chi connectivity index (χ2v) is 6.23. The van der Waals surface area contributed by atoms with E-state index >= 15 is 0 Å². The van der Waals surface area contributed by atoms with Crippen molar-refractivity contribution >= 4 is 40.3 Å². The minimum Gasteiger partial charge on any atom is -0.395 e. The van der Waals surface area contributed by atoms with E-state index in [0.29, 0.717) is 20.8 Å². The molecule has 0 aliphatic carbocycles. The van der Waals surface area contributed by atoms with Crippen LogP contribution in [-0.2, 0) is 0 Å². The third-order valence-electron chi connectivity index (χ3n) is 2.42. The third kappa shape index (κ3) is 4.23. The number of carbonyl (C=O) groups excluding carboxylic acids is 1. The van der Waals surface area contributed by atoms with Gasteiger partial charge in [-0.05, 0) is 19.9 Å². The number of nitrogens with zero attached hydrogens (tertiary/aromatic N) is 1. The highest BCUT2D eigenvalue weighted by Gasteiger charge is 2.18. The van der Waals surface area contributed by atoms with Gasteiger partial charge in [0.15, 0.2) is 5.78 Å². The molecule has 0 aromatic carbocycles. The van der Waals surface area contributed by atoms with E-state index in [1.165, 1.54) is 11.3 Å². The van der Waals surface area contributed by atoms with E-state index in [4.69, 9.17) is 28.3 Å². The first-order chi connectivity index (χ1) is 7.95. The van der Waals surface area contributed by atoms with Gasteiger partial charge in [-0.3, -0.25) is 9.69 Å². The van der Waals surface area contributed by atoms with Crippen LogP contribution >= 0.6 is 34.5 Å². The molecule has 0 saturated carbocycles. The first-order valence-corrected chi connectivity index (χ1v) is 6.86. The largest absolute Gasteiger partial charge is 0.395 e. The standard InChI is InChI=1S/C11H15Cl2NO2S/c1-7(2)14(3-4-15)6-9(16)8-5-10(12)17-11(8)13/h5,7,15H,3-4,6H2,1-2H3. The molecule has 3 nitrogen and oxygen atoms in total. The molecule has 0 fully saturated rings. The molecule has 0 aliphatic rings. The summed E-state index contributed by atoms with van der Waals surface area (Å²) in [6, 6.07) is 1.79. The Labute approximate surface area is 115 Å². The van der Waals surface area contributed by atoms with Crippen molar-refractivity contribution in [2.45, 2.75) is 19.9 Å². The fourth-order valence-electron chi connectivity index (χ4n) is 1.45. The summed E-state index contributed by atoms with van der Waals surface area (Å²) < 4.78 is 0.935. The van der Waals surface area contributed by atoms with Crippen molar-refractivity contribution in [3.63, 3.8) is 0 Å². The Morgan fingerprint density at radius 3 is 2.59 bits per heavy atom. The maximum Gasteiger partial charge on any atom is 0.179 e. The molecule has 6 heteroatoms. The molecule has 1 heterocycles. The quantitative estimate of drug-likeness (QED) is 0.821. The van der Waals surface area contributed by atoms with E-state index in [1.807, 2.05) is 18.7 Å². The number of halogens is 2. The molecule has 1 N–H and O–H groups in total. The van der Waals surface area contributed by atoms with Gasteiger partial charge < -0.3 is 5.11 Å². The Morgan fingerprint density at radius 1 is 1.53 bits per heavy atom. The van der Waals surface area contributed by atoms with Gasteiger partial charge in [-0.2, -0.15) is 0 Å². The Balaban J connectivity index is 2.73. The summed E-state index contributed by atoms with van der Waals surface area (Å²) in [4.78, 5) is 13.9. The highest BCUT2D eigenvalue weighted by molar-refractivity contribution is 7.20. The highest BCUT2D eigenvalue weighted by atomic mass is 35.5. The van der Waals surface area contributed by atoms with Crippen LogP contribution < -0.4 is 0 Å². The summed E-state index contributed by atoms with van der Waals surface area (Å²) in [5, 5.41) is 8.93. The summed E-state index contributed by atoms with van der Waals surface area (Å²) in [6.07, 6.45) is 0. The van der Waals surface area contributed by atoms with E-state index < -0.39 is 0 Å². The molecule has 17 heavy (non-hydrogen) atoms. The van der Waals surface area contributed by atoms with Crippen LogP contribution in [0.15, 0.2) is 6.07 Å². The Bertz CT molecular complexity index is 393. The van der Waals surface area contributed by atoms with Crippen LogP contribution in [0.2, 0.25) is 8.67 Å². The molecule has 0 spiro atoms. The number of hydrogen-bond donors (Lipinski definition) is 1. The van der Waals surface area contributed by atoms with Crippen molar-refractivity contribution in [2.24, 2.45) is 0 Å². The Kier molecular flexibility index (Phi) is 5.89. The van der Waals surface area contributed by atoms with E-state index in [-0.39, 0.29) is 25.0 Å². The zero-order chi connectivity index (χ0) is 13.0. The number of Topliss-reactive ketones (excluding diaryl/α,β-unsaturated/α-hetero) is 1. The average molecular weight is 296 g/mol. The number of ketones is 1. The molecule has 1 aromatic rings. The van der Waals surface area contributed by atoms with Gasteiger partial charge in [0.1, 0.15) is 4.34 Å². The van der Waals surface area contributed by atoms with Gasteiger partial charge in [0.2, 0.25) is 0 Å². The summed E-state index contributed by atoms with van der Waals surface area (Å²) >= 11 is 12.9. The number of aliphatic hydroxyl groups excluding tert-OH is 1. The zero-order valence-electron chi connectivity index (χ0n) is 9.74. The van der Waals surface area contributed by atoms with Crippen molar-refractivity contribution < 1.29 is 9.90 Å². The van der Waals surface area contributed by atoms with Crippen molar-refractivity contribution in [3.8, 4) is 0 Å². The van der Waals surface area contributed by atoms with Gasteiger partial charge in [-0.1, -0.05) is 23.2 Å². The molecule has 0 radical (unpaired) electrons. The molecular formula is C11H15Cl2NO2S. The minimum atomic E-state index is -0.0692. The Morgan fingerprint density at radius 2 is 2.18 bits per heavy atom. The molecular weight excluding hydrogens is 281 g/mol. The van der Waals surface area contributed by atoms with Crippen LogP contribution in [0.1, 0.15) is 24.2 Å². The predicted octanol–water partition coefficient (Wildman–Crippen LogP) is 2.94. The summed E-state index contributed by atoms with van der Waals surface area (Å²) in [5.74, 6) is -0.0692. The monoisotopic (exact) mass is 295 g/mol. The van der Waals surface area contributed by atoms with Gasteiger partial charge in [0.05, 0.1) is 23.1 Å². The second kappa shape index (κ2) is 6.71. The summed E-state index contributed by atoms with van der Waals surface area (Å²) in [7, 11) is 0. The van der Waals surface area contributed by atoms with Gasteiger partial charge in [-0.15, -0.1) is 11.3 Å². The molecule has 0 saturated heterocycles. The van der Waals surface area contributed by atoms with E-state index in [1.54, 1.807) is 6.07 Å². The molecule has 96 valence electrons. The predicted molar refractivity (Wildman–Crippen MR) is 72.5 cm³/mol. The number of aliphatic hydroxyl groups is 1. The fourth-order valence-corrected chi connectivity index (χ4v) is 2.95. The third-order valence-corrected chi connectivity index (χ3v) is 3.91. The number of hydrogen-bond acceptors (Lipinski definition) is 4.